The van der Waals surface area contributed by atoms with Crippen molar-refractivity contribution in [3.63, 3.8) is 0 Å². The van der Waals surface area contributed by atoms with Crippen molar-refractivity contribution in [3.8, 4) is 0 Å². The molecule has 0 fully saturated rings. The molecule has 2 N–H and O–H groups in total. The van der Waals surface area contributed by atoms with E-state index in [2.05, 4.69) is 5.32 Å². The number of aromatic nitrogens is 1. The molecule has 3 aromatic rings. The van der Waals surface area contributed by atoms with E-state index in [4.69, 9.17) is 23.2 Å². The molecule has 2 aromatic carbocycles. The third kappa shape index (κ3) is 3.26. The van der Waals surface area contributed by atoms with Gasteiger partial charge in [-0.15, -0.1) is 0 Å². The largest absolute Gasteiger partial charge is 0.386 e. The number of benzene rings is 2. The second kappa shape index (κ2) is 6.85. The lowest BCUT2D eigenvalue weighted by Crippen LogP contribution is -2.28. The fourth-order valence-corrected chi connectivity index (χ4v) is 3.20. The van der Waals surface area contributed by atoms with E-state index in [0.29, 0.717) is 10.6 Å². The Morgan fingerprint density at radius 1 is 1.25 bits per heavy atom. The summed E-state index contributed by atoms with van der Waals surface area (Å²) in [7, 11) is 1.92. The molecule has 0 bridgehead atoms. The van der Waals surface area contributed by atoms with E-state index in [1.807, 2.05) is 42.1 Å². The van der Waals surface area contributed by atoms with E-state index in [9.17, 15) is 9.90 Å². The van der Waals surface area contributed by atoms with Crippen LogP contribution in [0.5, 0.6) is 0 Å². The molecule has 0 aliphatic heterocycles. The van der Waals surface area contributed by atoms with Crippen LogP contribution in [0.3, 0.4) is 0 Å². The standard InChI is InChI=1S/C18H16Cl2N2O2/c1-22-10-14(12-4-2-3-5-16(12)22)17(23)9-21-18(24)13-7-6-11(19)8-15(13)20/h2-8,10,17,23H,9H2,1H3,(H,21,24). The van der Waals surface area contributed by atoms with Gasteiger partial charge < -0.3 is 15.0 Å². The third-order valence-corrected chi connectivity index (χ3v) is 4.47. The van der Waals surface area contributed by atoms with Crippen LogP contribution in [0.4, 0.5) is 0 Å². The summed E-state index contributed by atoms with van der Waals surface area (Å²) in [6.45, 7) is 0.0891. The first-order valence-corrected chi connectivity index (χ1v) is 8.18. The smallest absolute Gasteiger partial charge is 0.252 e. The van der Waals surface area contributed by atoms with Crippen LogP contribution < -0.4 is 5.32 Å². The van der Waals surface area contributed by atoms with Gasteiger partial charge in [0.2, 0.25) is 0 Å². The van der Waals surface area contributed by atoms with Crippen molar-refractivity contribution >= 4 is 40.0 Å². The fraction of sp³-hybridized carbons (Fsp3) is 0.167. The Morgan fingerprint density at radius 2 is 2.00 bits per heavy atom. The Labute approximate surface area is 149 Å². The number of aliphatic hydroxyl groups excluding tert-OH is 1. The number of hydrogen-bond donors (Lipinski definition) is 2. The molecule has 0 spiro atoms. The summed E-state index contributed by atoms with van der Waals surface area (Å²) in [6, 6.07) is 12.5. The first-order valence-electron chi connectivity index (χ1n) is 7.42. The number of hydrogen-bond acceptors (Lipinski definition) is 2. The number of para-hydroxylation sites is 1. The van der Waals surface area contributed by atoms with Gasteiger partial charge in [-0.3, -0.25) is 4.79 Å². The van der Waals surface area contributed by atoms with Gasteiger partial charge in [-0.25, -0.2) is 0 Å². The van der Waals surface area contributed by atoms with E-state index in [1.54, 1.807) is 12.1 Å². The van der Waals surface area contributed by atoms with Crippen LogP contribution >= 0.6 is 23.2 Å². The second-order valence-corrected chi connectivity index (χ2v) is 6.41. The van der Waals surface area contributed by atoms with E-state index in [0.717, 1.165) is 16.5 Å². The van der Waals surface area contributed by atoms with E-state index in [1.165, 1.54) is 6.07 Å². The van der Waals surface area contributed by atoms with E-state index in [-0.39, 0.29) is 17.5 Å². The third-order valence-electron chi connectivity index (χ3n) is 3.92. The number of aryl methyl sites for hydroxylation is 1. The Kier molecular flexibility index (Phi) is 4.81. The zero-order valence-corrected chi connectivity index (χ0v) is 14.5. The maximum Gasteiger partial charge on any atom is 0.252 e. The number of fused-ring (bicyclic) bond motifs is 1. The summed E-state index contributed by atoms with van der Waals surface area (Å²) in [5, 5.41) is 14.9. The minimum Gasteiger partial charge on any atom is -0.386 e. The van der Waals surface area contributed by atoms with E-state index < -0.39 is 6.10 Å². The number of aliphatic hydroxyl groups is 1. The van der Waals surface area contributed by atoms with Gasteiger partial charge >= 0.3 is 0 Å². The highest BCUT2D eigenvalue weighted by Gasteiger charge is 2.17. The molecule has 1 unspecified atom stereocenters. The van der Waals surface area contributed by atoms with Crippen LogP contribution in [-0.4, -0.2) is 22.1 Å². The molecular weight excluding hydrogens is 347 g/mol. The number of carbonyl (C=O) groups excluding carboxylic acids is 1. The quantitative estimate of drug-likeness (QED) is 0.738. The van der Waals surface area contributed by atoms with Crippen molar-refractivity contribution in [1.29, 1.82) is 0 Å². The van der Waals surface area contributed by atoms with Gasteiger partial charge in [-0.05, 0) is 24.3 Å². The number of rotatable bonds is 4. The SMILES string of the molecule is Cn1cc(C(O)CNC(=O)c2ccc(Cl)cc2Cl)c2ccccc21. The van der Waals surface area contributed by atoms with Crippen molar-refractivity contribution in [3.05, 3.63) is 69.8 Å². The van der Waals surface area contributed by atoms with Crippen molar-refractivity contribution in [1.82, 2.24) is 9.88 Å². The summed E-state index contributed by atoms with van der Waals surface area (Å²) in [5.74, 6) is -0.351. The molecule has 6 heteroatoms. The van der Waals surface area contributed by atoms with Crippen molar-refractivity contribution < 1.29 is 9.90 Å². The van der Waals surface area contributed by atoms with Gasteiger partial charge in [0.05, 0.1) is 16.7 Å². The molecular formula is C18H16Cl2N2O2. The molecule has 0 saturated carbocycles. The second-order valence-electron chi connectivity index (χ2n) is 5.56. The fourth-order valence-electron chi connectivity index (χ4n) is 2.71. The lowest BCUT2D eigenvalue weighted by Gasteiger charge is -2.12. The van der Waals surface area contributed by atoms with Crippen molar-refractivity contribution in [2.24, 2.45) is 7.05 Å². The van der Waals surface area contributed by atoms with Crippen LogP contribution in [0.1, 0.15) is 22.0 Å². The minimum atomic E-state index is -0.814. The molecule has 4 nitrogen and oxygen atoms in total. The average Bonchev–Trinajstić information content (AvgIpc) is 2.90. The first kappa shape index (κ1) is 16.8. The first-order chi connectivity index (χ1) is 11.5. The molecule has 3 rings (SSSR count). The molecule has 1 heterocycles. The highest BCUT2D eigenvalue weighted by molar-refractivity contribution is 6.36. The summed E-state index contributed by atoms with van der Waals surface area (Å²) in [5.41, 5.74) is 2.13. The van der Waals surface area contributed by atoms with Crippen LogP contribution in [0.25, 0.3) is 10.9 Å². The van der Waals surface area contributed by atoms with Crippen molar-refractivity contribution in [2.45, 2.75) is 6.10 Å². The molecule has 0 radical (unpaired) electrons. The van der Waals surface area contributed by atoms with Crippen LogP contribution in [0.15, 0.2) is 48.7 Å². The predicted octanol–water partition coefficient (Wildman–Crippen LogP) is 3.95. The van der Waals surface area contributed by atoms with E-state index >= 15 is 0 Å². The lowest BCUT2D eigenvalue weighted by atomic mass is 10.1. The Balaban J connectivity index is 1.75. The van der Waals surface area contributed by atoms with Crippen LogP contribution in [0, 0.1) is 0 Å². The zero-order chi connectivity index (χ0) is 17.3. The molecule has 1 aromatic heterocycles. The lowest BCUT2D eigenvalue weighted by molar-refractivity contribution is 0.0917. The number of amides is 1. The minimum absolute atomic E-state index is 0.0891. The van der Waals surface area contributed by atoms with Gasteiger partial charge in [0.1, 0.15) is 0 Å². The van der Waals surface area contributed by atoms with Gasteiger partial charge in [-0.2, -0.15) is 0 Å². The molecule has 0 saturated heterocycles. The maximum atomic E-state index is 12.2. The molecule has 124 valence electrons. The molecule has 0 aliphatic carbocycles. The number of nitrogens with one attached hydrogen (secondary N) is 1. The summed E-state index contributed by atoms with van der Waals surface area (Å²) >= 11 is 11.9. The van der Waals surface area contributed by atoms with Crippen LogP contribution in [-0.2, 0) is 7.05 Å². The predicted molar refractivity (Wildman–Crippen MR) is 96.7 cm³/mol. The number of nitrogens with zero attached hydrogens (tertiary/aromatic N) is 1. The Hall–Kier alpha value is -2.01. The number of carbonyl (C=O) groups is 1. The van der Waals surface area contributed by atoms with Gasteiger partial charge in [0.25, 0.3) is 5.91 Å². The normalized spacial score (nSPS) is 12.3. The molecule has 1 amide bonds. The Morgan fingerprint density at radius 3 is 2.75 bits per heavy atom. The molecule has 24 heavy (non-hydrogen) atoms. The molecule has 1 atom stereocenters. The van der Waals surface area contributed by atoms with Gasteiger partial charge in [-0.1, -0.05) is 41.4 Å². The summed E-state index contributed by atoms with van der Waals surface area (Å²) in [6.07, 6.45) is 1.06. The molecule has 0 aliphatic rings. The van der Waals surface area contributed by atoms with Gasteiger partial charge in [0.15, 0.2) is 0 Å². The maximum absolute atomic E-state index is 12.2. The van der Waals surface area contributed by atoms with Crippen molar-refractivity contribution in [2.75, 3.05) is 6.54 Å². The Bertz CT molecular complexity index is 905. The summed E-state index contributed by atoms with van der Waals surface area (Å²) < 4.78 is 1.95. The zero-order valence-electron chi connectivity index (χ0n) is 13.0. The van der Waals surface area contributed by atoms with Gasteiger partial charge in [0, 0.05) is 41.3 Å². The monoisotopic (exact) mass is 362 g/mol. The summed E-state index contributed by atoms with van der Waals surface area (Å²) in [4.78, 5) is 12.2. The highest BCUT2D eigenvalue weighted by atomic mass is 35.5. The topological polar surface area (TPSA) is 54.3 Å². The average molecular weight is 363 g/mol. The van der Waals surface area contributed by atoms with Crippen LogP contribution in [0.2, 0.25) is 10.0 Å². The highest BCUT2D eigenvalue weighted by Crippen LogP contribution is 2.26. The number of halogens is 2.